The van der Waals surface area contributed by atoms with Crippen LogP contribution in [0.5, 0.6) is 0 Å². The van der Waals surface area contributed by atoms with Crippen LogP contribution < -0.4 is 0 Å². The number of rotatable bonds is 2. The van der Waals surface area contributed by atoms with Crippen LogP contribution in [0.2, 0.25) is 0 Å². The number of aliphatic hydroxyl groups is 2. The van der Waals surface area contributed by atoms with Gasteiger partial charge in [-0.05, 0) is 37.5 Å². The Balaban J connectivity index is 1.59. The summed E-state index contributed by atoms with van der Waals surface area (Å²) in [4.78, 5) is 5.13. The third-order valence-corrected chi connectivity index (χ3v) is 10.0. The quantitative estimate of drug-likeness (QED) is 0.785. The van der Waals surface area contributed by atoms with Gasteiger partial charge in [0.15, 0.2) is 0 Å². The minimum Gasteiger partial charge on any atom is -0.392 e. The fourth-order valence-electron chi connectivity index (χ4n) is 9.30. The second-order valence-electron chi connectivity index (χ2n) is 10.4. The fourth-order valence-corrected chi connectivity index (χ4v) is 9.30. The molecule has 0 amide bonds. The highest BCUT2D eigenvalue weighted by Crippen LogP contribution is 2.78. The molecule has 1 aliphatic heterocycles. The topological polar surface area (TPSA) is 71.3 Å². The summed E-state index contributed by atoms with van der Waals surface area (Å²) >= 11 is 0. The molecule has 0 aromatic carbocycles. The third-order valence-electron chi connectivity index (χ3n) is 10.0. The number of nitrogens with zero attached hydrogens (tertiary/aromatic N) is 1. The Labute approximate surface area is 155 Å². The standard InChI is InChI=1S/C21H31NO4/c1-19-5-4-15(26-3)21-11-6-10-13(25-2)8-20(24,16(11)17(10)23)12(7-14(19)21)18(21)22-9-19/h9-18,23-24H,4-8H2,1-3H3/t10-,11-,12+,13+,14-,15+,16-,17+,18-,19+,20+,21-/m1/s1. The van der Waals surface area contributed by atoms with Gasteiger partial charge in [0, 0.05) is 55.4 Å². The van der Waals surface area contributed by atoms with Gasteiger partial charge >= 0.3 is 0 Å². The van der Waals surface area contributed by atoms with Crippen LogP contribution in [-0.4, -0.2) is 60.6 Å². The number of hydrogen-bond donors (Lipinski definition) is 2. The van der Waals surface area contributed by atoms with Crippen LogP contribution in [0, 0.1) is 40.4 Å². The van der Waals surface area contributed by atoms with E-state index in [4.69, 9.17) is 14.5 Å². The van der Waals surface area contributed by atoms with Crippen LogP contribution in [0.4, 0.5) is 0 Å². The molecule has 1 heterocycles. The summed E-state index contributed by atoms with van der Waals surface area (Å²) in [7, 11) is 3.58. The molecule has 0 unspecified atom stereocenters. The lowest BCUT2D eigenvalue weighted by Gasteiger charge is -2.64. The largest absolute Gasteiger partial charge is 0.392 e. The van der Waals surface area contributed by atoms with Gasteiger partial charge < -0.3 is 19.7 Å². The maximum atomic E-state index is 12.0. The lowest BCUT2D eigenvalue weighted by Crippen LogP contribution is -2.70. The molecular formula is C21H31NO4. The molecule has 5 saturated carbocycles. The average molecular weight is 361 g/mol. The first-order chi connectivity index (χ1) is 12.4. The van der Waals surface area contributed by atoms with E-state index in [9.17, 15) is 10.2 Å². The van der Waals surface area contributed by atoms with E-state index in [0.29, 0.717) is 12.3 Å². The van der Waals surface area contributed by atoms with Gasteiger partial charge in [0.25, 0.3) is 0 Å². The highest BCUT2D eigenvalue weighted by molar-refractivity contribution is 5.69. The molecule has 7 bridgehead atoms. The first-order valence-corrected chi connectivity index (χ1v) is 10.4. The molecule has 0 radical (unpaired) electrons. The summed E-state index contributed by atoms with van der Waals surface area (Å²) in [6, 6.07) is 0.138. The summed E-state index contributed by atoms with van der Waals surface area (Å²) in [6.07, 6.45) is 6.69. The Kier molecular flexibility index (Phi) is 3.00. The zero-order chi connectivity index (χ0) is 18.1. The van der Waals surface area contributed by atoms with Crippen molar-refractivity contribution in [2.75, 3.05) is 14.2 Å². The summed E-state index contributed by atoms with van der Waals surface area (Å²) in [5, 5.41) is 23.2. The molecule has 6 aliphatic rings. The van der Waals surface area contributed by atoms with Gasteiger partial charge in [0.05, 0.1) is 30.0 Å². The predicted octanol–water partition coefficient (Wildman–Crippen LogP) is 1.65. The van der Waals surface area contributed by atoms with E-state index in [0.717, 1.165) is 25.7 Å². The van der Waals surface area contributed by atoms with E-state index in [1.54, 1.807) is 7.11 Å². The molecule has 5 nitrogen and oxygen atoms in total. The Hall–Kier alpha value is -0.490. The normalized spacial score (nSPS) is 66.9. The highest BCUT2D eigenvalue weighted by Gasteiger charge is 2.81. The van der Waals surface area contributed by atoms with E-state index < -0.39 is 11.7 Å². The molecule has 5 heteroatoms. The summed E-state index contributed by atoms with van der Waals surface area (Å²) in [5.74, 6) is 1.00. The Morgan fingerprint density at radius 3 is 2.69 bits per heavy atom. The number of aliphatic imine (C=N–C) groups is 1. The van der Waals surface area contributed by atoms with Crippen molar-refractivity contribution in [3.05, 3.63) is 0 Å². The summed E-state index contributed by atoms with van der Waals surface area (Å²) in [6.45, 7) is 2.37. The molecule has 0 saturated heterocycles. The van der Waals surface area contributed by atoms with E-state index >= 15 is 0 Å². The van der Waals surface area contributed by atoms with Gasteiger partial charge in [-0.2, -0.15) is 0 Å². The Morgan fingerprint density at radius 2 is 1.96 bits per heavy atom. The minimum atomic E-state index is -0.855. The molecule has 1 spiro atoms. The third kappa shape index (κ3) is 1.45. The van der Waals surface area contributed by atoms with E-state index in [1.165, 1.54) is 0 Å². The van der Waals surface area contributed by atoms with Crippen molar-refractivity contribution in [1.82, 2.24) is 0 Å². The van der Waals surface area contributed by atoms with Crippen LogP contribution >= 0.6 is 0 Å². The first-order valence-electron chi connectivity index (χ1n) is 10.4. The molecule has 6 rings (SSSR count). The second kappa shape index (κ2) is 4.73. The molecule has 5 fully saturated rings. The number of ether oxygens (including phenoxy) is 2. The molecule has 5 aliphatic carbocycles. The minimum absolute atomic E-state index is 0.0174. The van der Waals surface area contributed by atoms with Crippen LogP contribution in [0.15, 0.2) is 4.99 Å². The number of aliphatic hydroxyl groups excluding tert-OH is 1. The first kappa shape index (κ1) is 16.5. The summed E-state index contributed by atoms with van der Waals surface area (Å²) < 4.78 is 11.9. The lowest BCUT2D eigenvalue weighted by molar-refractivity contribution is -0.229. The van der Waals surface area contributed by atoms with Crippen LogP contribution in [0.1, 0.15) is 39.0 Å². The smallest absolute Gasteiger partial charge is 0.0776 e. The van der Waals surface area contributed by atoms with Crippen LogP contribution in [-0.2, 0) is 9.47 Å². The van der Waals surface area contributed by atoms with Gasteiger partial charge in [-0.15, -0.1) is 0 Å². The van der Waals surface area contributed by atoms with Gasteiger partial charge in [-0.1, -0.05) is 6.92 Å². The molecule has 12 atom stereocenters. The fraction of sp³-hybridized carbons (Fsp3) is 0.952. The monoisotopic (exact) mass is 361 g/mol. The molecule has 26 heavy (non-hydrogen) atoms. The molecule has 0 aromatic rings. The number of methoxy groups -OCH3 is 2. The summed E-state index contributed by atoms with van der Waals surface area (Å²) in [5.41, 5.74) is -0.763. The van der Waals surface area contributed by atoms with Crippen molar-refractivity contribution in [1.29, 1.82) is 0 Å². The van der Waals surface area contributed by atoms with Gasteiger partial charge in [-0.25, -0.2) is 0 Å². The molecule has 0 aromatic heterocycles. The van der Waals surface area contributed by atoms with E-state index in [1.807, 2.05) is 7.11 Å². The zero-order valence-corrected chi connectivity index (χ0v) is 16.0. The van der Waals surface area contributed by atoms with Crippen molar-refractivity contribution < 1.29 is 19.7 Å². The number of hydrogen-bond acceptors (Lipinski definition) is 5. The van der Waals surface area contributed by atoms with Gasteiger partial charge in [0.1, 0.15) is 0 Å². The van der Waals surface area contributed by atoms with Gasteiger partial charge in [0.2, 0.25) is 0 Å². The lowest BCUT2D eigenvalue weighted by atomic mass is 9.44. The van der Waals surface area contributed by atoms with Gasteiger partial charge in [-0.3, -0.25) is 4.99 Å². The SMILES string of the molecule is CO[C@H]1C[C@@]2(O)[C@H]3[C@@H](O)[C@@H]1C[C@H]3[C@@]13[C@@H](OC)CC[C@@]4(C)C=N[C@@H]1[C@@H]2C[C@@H]34. The highest BCUT2D eigenvalue weighted by atomic mass is 16.5. The van der Waals surface area contributed by atoms with Crippen molar-refractivity contribution in [3.63, 3.8) is 0 Å². The van der Waals surface area contributed by atoms with Crippen molar-refractivity contribution in [2.45, 2.75) is 69.0 Å². The van der Waals surface area contributed by atoms with Crippen molar-refractivity contribution in [3.8, 4) is 0 Å². The Bertz CT molecular complexity index is 683. The molecule has 2 N–H and O–H groups in total. The molecular weight excluding hydrogens is 330 g/mol. The molecule has 144 valence electrons. The second-order valence-corrected chi connectivity index (χ2v) is 10.4. The van der Waals surface area contributed by atoms with Crippen LogP contribution in [0.25, 0.3) is 0 Å². The number of fused-ring (bicyclic) bond motifs is 2. The maximum absolute atomic E-state index is 12.0. The van der Waals surface area contributed by atoms with E-state index in [-0.39, 0.29) is 52.8 Å². The predicted molar refractivity (Wildman–Crippen MR) is 95.9 cm³/mol. The van der Waals surface area contributed by atoms with Crippen molar-refractivity contribution >= 4 is 6.21 Å². The Morgan fingerprint density at radius 1 is 1.15 bits per heavy atom. The van der Waals surface area contributed by atoms with Crippen LogP contribution in [0.3, 0.4) is 0 Å². The van der Waals surface area contributed by atoms with Crippen molar-refractivity contribution in [2.24, 2.45) is 45.4 Å². The zero-order valence-electron chi connectivity index (χ0n) is 16.0. The van der Waals surface area contributed by atoms with E-state index in [2.05, 4.69) is 13.1 Å². The average Bonchev–Trinajstić information content (AvgIpc) is 3.02. The maximum Gasteiger partial charge on any atom is 0.0776 e.